The first-order chi connectivity index (χ1) is 34.6. The number of rotatable bonds is 29. The van der Waals surface area contributed by atoms with E-state index in [1.54, 1.807) is 12.1 Å². The van der Waals surface area contributed by atoms with E-state index in [9.17, 15) is 48.6 Å². The number of thioether (sulfide) groups is 1. The number of hydrogen-bond donors (Lipinski definition) is 10. The fourth-order valence-corrected chi connectivity index (χ4v) is 9.06. The Kier molecular flexibility index (Phi) is 23.2. The van der Waals surface area contributed by atoms with Gasteiger partial charge in [-0.1, -0.05) is 100 Å². The lowest BCUT2D eigenvalue weighted by atomic mass is 9.98. The molecule has 0 radical (unpaired) electrons. The predicted octanol–water partition coefficient (Wildman–Crippen LogP) is 2.72. The zero-order chi connectivity index (χ0) is 53.8. The molecule has 396 valence electrons. The molecule has 0 saturated heterocycles. The zero-order valence-electron chi connectivity index (χ0n) is 42.1. The molecule has 3 aromatic rings. The van der Waals surface area contributed by atoms with Crippen molar-refractivity contribution in [3.63, 3.8) is 0 Å². The molecule has 0 fully saturated rings. The van der Waals surface area contributed by atoms with Gasteiger partial charge in [-0.3, -0.25) is 38.6 Å². The number of amides is 5. The minimum Gasteiger partial charge on any atom is -0.508 e. The summed E-state index contributed by atoms with van der Waals surface area (Å²) in [6, 6.07) is 14.5. The Hall–Kier alpha value is -7.00. The molecule has 0 heterocycles. The molecular weight excluding hydrogens is 959 g/mol. The minimum absolute atomic E-state index is 0.0114. The number of aliphatic carboxylic acids is 1. The average molecular weight is 1030 g/mol. The van der Waals surface area contributed by atoms with Crippen LogP contribution in [0.2, 0.25) is 0 Å². The van der Waals surface area contributed by atoms with Gasteiger partial charge in [0.15, 0.2) is 5.96 Å². The van der Waals surface area contributed by atoms with E-state index in [4.69, 9.17) is 21.9 Å². The van der Waals surface area contributed by atoms with E-state index >= 15 is 0 Å². The number of nitrogens with two attached hydrogens (primary N) is 3. The number of guanidine groups is 1. The van der Waals surface area contributed by atoms with Crippen molar-refractivity contribution in [3.05, 3.63) is 89.5 Å². The summed E-state index contributed by atoms with van der Waals surface area (Å²) >= 11 is 0.710. The van der Waals surface area contributed by atoms with Crippen LogP contribution in [0.4, 0.5) is 0 Å². The number of nitrogens with zero attached hydrogens (tertiary/aromatic N) is 1. The number of benzene rings is 3. The molecule has 3 aromatic carbocycles. The quantitative estimate of drug-likeness (QED) is 0.0207. The first-order valence-corrected chi connectivity index (χ1v) is 25.4. The van der Waals surface area contributed by atoms with Gasteiger partial charge in [-0.15, -0.1) is 0 Å². The van der Waals surface area contributed by atoms with E-state index < -0.39 is 82.8 Å². The second-order valence-corrected chi connectivity index (χ2v) is 20.0. The van der Waals surface area contributed by atoms with Crippen molar-refractivity contribution in [1.82, 2.24) is 26.6 Å². The van der Waals surface area contributed by atoms with Crippen molar-refractivity contribution in [2.24, 2.45) is 34.0 Å². The van der Waals surface area contributed by atoms with E-state index in [0.717, 1.165) is 22.3 Å². The van der Waals surface area contributed by atoms with Crippen molar-refractivity contribution in [2.45, 2.75) is 128 Å². The molecule has 13 N–H and O–H groups in total. The summed E-state index contributed by atoms with van der Waals surface area (Å²) in [7, 11) is 0. The van der Waals surface area contributed by atoms with Crippen LogP contribution < -0.4 is 43.8 Å². The number of ether oxygens (including phenoxy) is 1. The third-order valence-electron chi connectivity index (χ3n) is 11.9. The zero-order valence-corrected chi connectivity index (χ0v) is 42.9. The van der Waals surface area contributed by atoms with Crippen LogP contribution in [0.15, 0.2) is 77.8 Å². The van der Waals surface area contributed by atoms with Gasteiger partial charge >= 0.3 is 11.9 Å². The number of hydrogen-bond acceptors (Lipinski definition) is 13. The highest BCUT2D eigenvalue weighted by Crippen LogP contribution is 2.44. The molecule has 1 aliphatic rings. The highest BCUT2D eigenvalue weighted by Gasteiger charge is 2.33. The van der Waals surface area contributed by atoms with E-state index in [2.05, 4.69) is 31.6 Å². The molecule has 5 amide bonds. The van der Waals surface area contributed by atoms with Crippen molar-refractivity contribution in [3.8, 4) is 16.9 Å². The molecule has 4 rings (SSSR count). The second-order valence-electron chi connectivity index (χ2n) is 18.9. The lowest BCUT2D eigenvalue weighted by Crippen LogP contribution is -2.58. The van der Waals surface area contributed by atoms with E-state index in [1.165, 1.54) is 19.1 Å². The van der Waals surface area contributed by atoms with E-state index in [-0.39, 0.29) is 93.3 Å². The SMILES string of the molecule is CC(C)C[C@H](NC(=O)CCSC(=O)[C@H](CCC(=O)OCC1c2ccccc2-c2ccccc21)NC(=O)[C@H](C)NC(=O)[C@H](CCCN=C(N)N)NC(=O)[C@H](Cc1ccc(O)cc1)NC(=O)[C@@H](N)CC(C)C)C(=O)O. The van der Waals surface area contributed by atoms with Crippen LogP contribution in [-0.4, -0.2) is 118 Å². The fraction of sp³-hybridized carbons (Fsp3) is 0.481. The smallest absolute Gasteiger partial charge is 0.326 e. The minimum atomic E-state index is -1.32. The molecule has 21 heteroatoms. The third-order valence-corrected chi connectivity index (χ3v) is 12.9. The number of carbonyl (C=O) groups excluding carboxylic acids is 7. The van der Waals surface area contributed by atoms with Crippen LogP contribution in [-0.2, 0) is 49.5 Å². The highest BCUT2D eigenvalue weighted by molar-refractivity contribution is 8.13. The van der Waals surface area contributed by atoms with Crippen LogP contribution in [0.3, 0.4) is 0 Å². The van der Waals surface area contributed by atoms with Crippen LogP contribution in [0.25, 0.3) is 11.1 Å². The molecule has 73 heavy (non-hydrogen) atoms. The normalized spacial score (nSPS) is 14.2. The van der Waals surface area contributed by atoms with Gasteiger partial charge in [0, 0.05) is 37.5 Å². The monoisotopic (exact) mass is 1030 g/mol. The average Bonchev–Trinajstić information content (AvgIpc) is 3.65. The topological polar surface area (TPSA) is 337 Å². The number of carboxylic acid groups (broad SMARTS) is 1. The molecule has 0 aliphatic heterocycles. The maximum Gasteiger partial charge on any atom is 0.326 e. The van der Waals surface area contributed by atoms with Crippen LogP contribution >= 0.6 is 11.8 Å². The number of carbonyl (C=O) groups is 8. The Labute approximate surface area is 430 Å². The maximum absolute atomic E-state index is 14.0. The molecule has 0 bridgehead atoms. The Morgan fingerprint density at radius 1 is 0.671 bits per heavy atom. The molecule has 0 spiro atoms. The highest BCUT2D eigenvalue weighted by atomic mass is 32.2. The van der Waals surface area contributed by atoms with Gasteiger partial charge in [-0.2, -0.15) is 0 Å². The molecular formula is C52H71N9O11S. The number of carboxylic acids is 1. The Morgan fingerprint density at radius 2 is 1.25 bits per heavy atom. The van der Waals surface area contributed by atoms with Crippen LogP contribution in [0, 0.1) is 11.8 Å². The predicted molar refractivity (Wildman–Crippen MR) is 278 cm³/mol. The van der Waals surface area contributed by atoms with Gasteiger partial charge in [-0.25, -0.2) is 4.79 Å². The lowest BCUT2D eigenvalue weighted by Gasteiger charge is -2.26. The molecule has 1 aliphatic carbocycles. The first kappa shape index (κ1) is 58.6. The summed E-state index contributed by atoms with van der Waals surface area (Å²) in [5.41, 5.74) is 21.8. The van der Waals surface area contributed by atoms with Gasteiger partial charge in [0.2, 0.25) is 34.7 Å². The summed E-state index contributed by atoms with van der Waals surface area (Å²) < 4.78 is 5.76. The number of aliphatic imine (C=N–C) groups is 1. The summed E-state index contributed by atoms with van der Waals surface area (Å²) in [6.45, 7) is 8.89. The summed E-state index contributed by atoms with van der Waals surface area (Å²) in [6.07, 6.45) is -0.0636. The number of phenolic OH excluding ortho intramolecular Hbond substituents is 1. The number of phenols is 1. The summed E-state index contributed by atoms with van der Waals surface area (Å²) in [4.78, 5) is 111. The van der Waals surface area contributed by atoms with Crippen molar-refractivity contribution in [1.29, 1.82) is 0 Å². The number of esters is 1. The summed E-state index contributed by atoms with van der Waals surface area (Å²) in [5, 5.41) is 31.9. The van der Waals surface area contributed by atoms with Crippen molar-refractivity contribution >= 4 is 64.3 Å². The Bertz CT molecular complexity index is 2380. The van der Waals surface area contributed by atoms with Gasteiger partial charge < -0.3 is 58.7 Å². The number of aromatic hydroxyl groups is 1. The molecule has 6 atom stereocenters. The third kappa shape index (κ3) is 19.2. The molecule has 0 saturated carbocycles. The van der Waals surface area contributed by atoms with Gasteiger partial charge in [-0.05, 0) is 90.8 Å². The molecule has 0 unspecified atom stereocenters. The van der Waals surface area contributed by atoms with Crippen molar-refractivity contribution < 1.29 is 53.3 Å². The second kappa shape index (κ2) is 28.9. The largest absolute Gasteiger partial charge is 0.508 e. The van der Waals surface area contributed by atoms with E-state index in [0.29, 0.717) is 23.7 Å². The number of fused-ring (bicyclic) bond motifs is 3. The van der Waals surface area contributed by atoms with Gasteiger partial charge in [0.05, 0.1) is 12.1 Å². The van der Waals surface area contributed by atoms with Crippen molar-refractivity contribution in [2.75, 3.05) is 18.9 Å². The Balaban J connectivity index is 1.49. The van der Waals surface area contributed by atoms with Crippen LogP contribution in [0.1, 0.15) is 102 Å². The first-order valence-electron chi connectivity index (χ1n) is 24.5. The summed E-state index contributed by atoms with van der Waals surface area (Å²) in [5.74, 6) is -5.83. The van der Waals surface area contributed by atoms with Crippen LogP contribution in [0.5, 0.6) is 5.75 Å². The molecule has 0 aromatic heterocycles. The molecule has 20 nitrogen and oxygen atoms in total. The van der Waals surface area contributed by atoms with E-state index in [1.807, 2.05) is 76.2 Å². The maximum atomic E-state index is 14.0. The standard InChI is InChI=1S/C52H71N9O11S/c1-29(2)25-39(53)47(66)61-42(27-32-16-18-33(62)19-17-32)49(68)59-40(15-10-23-56-52(54)55)48(67)57-31(5)46(65)60-41(51(71)73-24-22-44(63)58-43(50(69)70)26-30(3)4)20-21-45(64)72-28-38-36-13-8-6-11-34(36)35-12-7-9-14-37(35)38/h6-9,11-14,16-19,29-31,38-43,62H,10,15,20-28,53H2,1-5H3,(H,57,67)(H,58,63)(H,59,68)(H,60,65)(H,61,66)(H,69,70)(H4,54,55,56)/t31-,39-,40-,41-,42-,43-/m0/s1. The number of nitrogens with one attached hydrogen (secondary N) is 5. The van der Waals surface area contributed by atoms with Gasteiger partial charge in [0.1, 0.15) is 36.5 Å². The lowest BCUT2D eigenvalue weighted by molar-refractivity contribution is -0.144. The Morgan fingerprint density at radius 3 is 1.84 bits per heavy atom. The fourth-order valence-electron chi connectivity index (χ4n) is 8.19. The van der Waals surface area contributed by atoms with Gasteiger partial charge in [0.25, 0.3) is 0 Å².